The van der Waals surface area contributed by atoms with Crippen molar-refractivity contribution < 1.29 is 104 Å². The van der Waals surface area contributed by atoms with Gasteiger partial charge in [0.2, 0.25) is 0 Å². The van der Waals surface area contributed by atoms with Crippen LogP contribution in [0.3, 0.4) is 0 Å². The van der Waals surface area contributed by atoms with E-state index in [1.54, 1.807) is 6.92 Å². The molecular formula is C25H48NNa2O8P. The second-order valence-corrected chi connectivity index (χ2v) is 8.77. The van der Waals surface area contributed by atoms with E-state index in [0.29, 0.717) is 6.42 Å². The average Bonchev–Trinajstić information content (AvgIpc) is 2.78. The molecule has 9 nitrogen and oxygen atoms in total. The zero-order valence-electron chi connectivity index (χ0n) is 22.9. The Bertz CT molecular complexity index is 853. The fraction of sp³-hybridized carbons (Fsp3) is 0.680. The Morgan fingerprint density at radius 3 is 1.86 bits per heavy atom. The van der Waals surface area contributed by atoms with Crippen LogP contribution in [0.4, 0.5) is 0 Å². The van der Waals surface area contributed by atoms with Crippen LogP contribution in [0.1, 0.15) is 98.0 Å². The largest absolute Gasteiger partial charge is 1.00 e. The molecule has 0 bridgehead atoms. The summed E-state index contributed by atoms with van der Waals surface area (Å²) in [6.45, 7) is 2.54. The molecule has 0 aliphatic carbocycles. The number of phosphoric ester groups is 1. The molecule has 1 atom stereocenters. The van der Waals surface area contributed by atoms with Crippen molar-refractivity contribution in [2.75, 3.05) is 13.2 Å². The van der Waals surface area contributed by atoms with Crippen LogP contribution in [-0.2, 0) is 28.2 Å². The first-order valence-electron chi connectivity index (χ1n) is 11.7. The molecule has 3 N–H and O–H groups in total. The summed E-state index contributed by atoms with van der Waals surface area (Å²) in [5.74, 6) is 12.4. The number of unbranched alkanes of at least 4 members (excludes halogenated alkanes) is 10. The average molecular weight is 568 g/mol. The van der Waals surface area contributed by atoms with Crippen LogP contribution < -0.4 is 75.1 Å². The third-order valence-corrected chi connectivity index (χ3v) is 5.04. The molecule has 0 aromatic rings. The van der Waals surface area contributed by atoms with Crippen molar-refractivity contribution in [2.24, 2.45) is 0 Å². The first-order valence-corrected chi connectivity index (χ1v) is 13.2. The van der Waals surface area contributed by atoms with Gasteiger partial charge in [-0.2, -0.15) is 0 Å². The number of carbonyl (C=O) groups excluding carboxylic acids is 2. The molecule has 0 fully saturated rings. The summed E-state index contributed by atoms with van der Waals surface area (Å²) >= 11 is 0. The second-order valence-electron chi connectivity index (χ2n) is 7.61. The first kappa shape index (κ1) is 43.7. The van der Waals surface area contributed by atoms with Crippen molar-refractivity contribution >= 4 is 19.8 Å². The maximum absolute atomic E-state index is 12.1. The summed E-state index contributed by atoms with van der Waals surface area (Å²) in [6.07, 6.45) is 11.4. The van der Waals surface area contributed by atoms with Crippen molar-refractivity contribution in [3.05, 3.63) is 0 Å². The molecular weight excluding hydrogens is 519 g/mol. The third-order valence-electron chi connectivity index (χ3n) is 4.58. The molecule has 0 saturated heterocycles. The molecule has 0 amide bonds. The van der Waals surface area contributed by atoms with Gasteiger partial charge < -0.3 is 34.5 Å². The van der Waals surface area contributed by atoms with Gasteiger partial charge in [-0.05, 0) is 37.0 Å². The van der Waals surface area contributed by atoms with Crippen LogP contribution in [0.2, 0.25) is 0 Å². The standard InChI is InChI=1S/C25H37O8P.H3N.2Na.5H2/c1-3-5-7-9-10-11-12-13-14-16-18-20-25(27)33-23(22-32-34(28,29)30)21-31-24(26)19-17-15-8-6-4-2;;;;;;;;/h23H,3,5,7,9-14,16,18,20-22H2,1-2H3,(H2,28,29,30);1H3;;;5*1H/q;;2*+1;;;;;/p-2/t23-;;;;;;;;/m0......../s1. The third kappa shape index (κ3) is 33.7. The van der Waals surface area contributed by atoms with E-state index in [0.717, 1.165) is 19.3 Å². The number of phosphoric acid groups is 1. The Labute approximate surface area is 274 Å². The van der Waals surface area contributed by atoms with Gasteiger partial charge in [-0.1, -0.05) is 77.1 Å². The van der Waals surface area contributed by atoms with E-state index >= 15 is 0 Å². The number of ether oxygens (including phenoxy) is 2. The van der Waals surface area contributed by atoms with E-state index in [9.17, 15) is 23.9 Å². The molecule has 0 aliphatic rings. The Morgan fingerprint density at radius 1 is 0.838 bits per heavy atom. The topological polar surface area (TPSA) is 160 Å². The van der Waals surface area contributed by atoms with E-state index in [1.165, 1.54) is 44.9 Å². The molecule has 0 saturated carbocycles. The van der Waals surface area contributed by atoms with Crippen molar-refractivity contribution in [3.8, 4) is 35.5 Å². The predicted octanol–water partition coefficient (Wildman–Crippen LogP) is -1.58. The molecule has 0 spiro atoms. The van der Waals surface area contributed by atoms with Crippen molar-refractivity contribution in [2.45, 2.75) is 97.0 Å². The molecule has 0 aromatic carbocycles. The molecule has 0 heterocycles. The minimum atomic E-state index is -5.28. The summed E-state index contributed by atoms with van der Waals surface area (Å²) in [6, 6.07) is 0. The van der Waals surface area contributed by atoms with Crippen LogP contribution >= 0.6 is 7.82 Å². The molecule has 37 heavy (non-hydrogen) atoms. The van der Waals surface area contributed by atoms with E-state index in [1.807, 2.05) is 0 Å². The minimum Gasteiger partial charge on any atom is -0.790 e. The normalized spacial score (nSPS) is 10.2. The number of hydrogen-bond donors (Lipinski definition) is 1. The minimum absolute atomic E-state index is 0. The van der Waals surface area contributed by atoms with Gasteiger partial charge in [0.1, 0.15) is 6.61 Å². The van der Waals surface area contributed by atoms with Gasteiger partial charge in [0.25, 0.3) is 0 Å². The Balaban J connectivity index is -0.000000194. The van der Waals surface area contributed by atoms with Crippen LogP contribution in [0.25, 0.3) is 0 Å². The number of carbonyl (C=O) groups is 2. The van der Waals surface area contributed by atoms with Crippen molar-refractivity contribution in [1.29, 1.82) is 0 Å². The van der Waals surface area contributed by atoms with E-state index < -0.39 is 39.1 Å². The quantitative estimate of drug-likeness (QED) is 0.0515. The van der Waals surface area contributed by atoms with Crippen LogP contribution in [-0.4, -0.2) is 31.3 Å². The smallest absolute Gasteiger partial charge is 0.790 e. The first-order chi connectivity index (χ1) is 16.3. The summed E-state index contributed by atoms with van der Waals surface area (Å²) < 4.78 is 24.8. The monoisotopic (exact) mass is 567 g/mol. The molecule has 0 rings (SSSR count). The zero-order chi connectivity index (χ0) is 25.5. The molecule has 208 valence electrons. The molecule has 0 radical (unpaired) electrons. The van der Waals surface area contributed by atoms with E-state index in [-0.39, 0.29) is 78.8 Å². The van der Waals surface area contributed by atoms with Crippen LogP contribution in [0.15, 0.2) is 0 Å². The van der Waals surface area contributed by atoms with Gasteiger partial charge >= 0.3 is 71.1 Å². The fourth-order valence-electron chi connectivity index (χ4n) is 2.88. The SMILES string of the molecule is CC#CC#CC#CC(=O)OC[C@@H](COP(=O)([O-])[O-])OC(=O)CCCCCCCCCCCCC.N.[HH].[HH].[HH].[HH].[HH].[Na+].[Na+]. The van der Waals surface area contributed by atoms with Gasteiger partial charge in [0.05, 0.1) is 14.4 Å². The van der Waals surface area contributed by atoms with E-state index in [4.69, 9.17) is 9.47 Å². The van der Waals surface area contributed by atoms with Gasteiger partial charge in [-0.25, -0.2) is 4.79 Å². The molecule has 0 unspecified atom stereocenters. The number of hydrogen-bond acceptors (Lipinski definition) is 9. The number of esters is 2. The van der Waals surface area contributed by atoms with E-state index in [2.05, 4.69) is 47.0 Å². The van der Waals surface area contributed by atoms with Crippen LogP contribution in [0.5, 0.6) is 0 Å². The summed E-state index contributed by atoms with van der Waals surface area (Å²) in [5, 5.41) is 0. The summed E-state index contributed by atoms with van der Waals surface area (Å²) in [5.41, 5.74) is 0. The van der Waals surface area contributed by atoms with Gasteiger partial charge in [0.15, 0.2) is 6.10 Å². The molecule has 12 heteroatoms. The Hall–Kier alpha value is -0.310. The van der Waals surface area contributed by atoms with Crippen molar-refractivity contribution in [1.82, 2.24) is 6.15 Å². The Kier molecular flexibility index (Phi) is 35.7. The predicted molar refractivity (Wildman–Crippen MR) is 140 cm³/mol. The molecule has 0 aliphatic heterocycles. The second kappa shape index (κ2) is 30.2. The maximum Gasteiger partial charge on any atom is 1.00 e. The number of rotatable bonds is 18. The molecule has 0 aromatic heterocycles. The summed E-state index contributed by atoms with van der Waals surface area (Å²) in [7, 11) is -5.28. The summed E-state index contributed by atoms with van der Waals surface area (Å²) in [4.78, 5) is 45.1. The Morgan fingerprint density at radius 2 is 1.35 bits per heavy atom. The van der Waals surface area contributed by atoms with Gasteiger partial charge in [-0.3, -0.25) is 4.79 Å². The maximum atomic E-state index is 12.1. The van der Waals surface area contributed by atoms with Crippen LogP contribution in [0, 0.1) is 35.5 Å². The fourth-order valence-corrected chi connectivity index (χ4v) is 3.23. The van der Waals surface area contributed by atoms with Gasteiger partial charge in [-0.15, -0.1) is 0 Å². The zero-order valence-corrected chi connectivity index (χ0v) is 27.8. The van der Waals surface area contributed by atoms with Gasteiger partial charge in [0, 0.05) is 19.5 Å². The van der Waals surface area contributed by atoms with Crippen molar-refractivity contribution in [3.63, 3.8) is 0 Å².